The van der Waals surface area contributed by atoms with Gasteiger partial charge in [0.05, 0.1) is 0 Å². The molecule has 0 saturated carbocycles. The molecule has 0 amide bonds. The second-order valence-electron chi connectivity index (χ2n) is 3.27. The van der Waals surface area contributed by atoms with Gasteiger partial charge in [-0.25, -0.2) is 10.6 Å². The summed E-state index contributed by atoms with van der Waals surface area (Å²) in [6, 6.07) is 0. The second kappa shape index (κ2) is 7.89. The zero-order chi connectivity index (χ0) is 12.6. The van der Waals surface area contributed by atoms with Crippen molar-refractivity contribution in [1.29, 1.82) is 0 Å². The number of nitrogens with one attached hydrogen (secondary N) is 1. The SMILES string of the molecule is CC.CN(C)CCCN(N)c1noc(=O)[nH]1. The van der Waals surface area contributed by atoms with Crippen LogP contribution in [0.15, 0.2) is 9.32 Å². The van der Waals surface area contributed by atoms with Gasteiger partial charge in [-0.15, -0.1) is 0 Å². The summed E-state index contributed by atoms with van der Waals surface area (Å²) in [5, 5.41) is 4.81. The number of hydrogen-bond acceptors (Lipinski definition) is 6. The molecule has 0 fully saturated rings. The van der Waals surface area contributed by atoms with Gasteiger partial charge in [-0.05, 0) is 32.2 Å². The average molecular weight is 231 g/mol. The smallest absolute Gasteiger partial charge is 0.309 e. The molecule has 16 heavy (non-hydrogen) atoms. The number of hydrogen-bond donors (Lipinski definition) is 2. The molecule has 0 spiro atoms. The topological polar surface area (TPSA) is 91.4 Å². The molecule has 1 heterocycles. The van der Waals surface area contributed by atoms with Crippen molar-refractivity contribution in [3.8, 4) is 0 Å². The van der Waals surface area contributed by atoms with Crippen LogP contribution in [0, 0.1) is 0 Å². The third-order valence-electron chi connectivity index (χ3n) is 1.71. The van der Waals surface area contributed by atoms with E-state index in [0.717, 1.165) is 13.0 Å². The summed E-state index contributed by atoms with van der Waals surface area (Å²) in [5.41, 5.74) is 0. The van der Waals surface area contributed by atoms with Crippen LogP contribution in [0.2, 0.25) is 0 Å². The minimum Gasteiger partial charge on any atom is -0.309 e. The van der Waals surface area contributed by atoms with Crippen molar-refractivity contribution in [3.63, 3.8) is 0 Å². The zero-order valence-corrected chi connectivity index (χ0v) is 10.4. The summed E-state index contributed by atoms with van der Waals surface area (Å²) in [5.74, 6) is 5.28. The highest BCUT2D eigenvalue weighted by atomic mass is 16.5. The van der Waals surface area contributed by atoms with Crippen molar-refractivity contribution < 1.29 is 4.52 Å². The minimum atomic E-state index is -0.594. The van der Waals surface area contributed by atoms with Crippen LogP contribution >= 0.6 is 0 Å². The van der Waals surface area contributed by atoms with Gasteiger partial charge in [0.15, 0.2) is 0 Å². The summed E-state index contributed by atoms with van der Waals surface area (Å²) in [7, 11) is 3.97. The molecule has 1 rings (SSSR count). The molecule has 0 bridgehead atoms. The van der Waals surface area contributed by atoms with Gasteiger partial charge >= 0.3 is 5.76 Å². The van der Waals surface area contributed by atoms with E-state index in [4.69, 9.17) is 5.84 Å². The van der Waals surface area contributed by atoms with Crippen molar-refractivity contribution in [2.24, 2.45) is 5.84 Å². The van der Waals surface area contributed by atoms with Crippen LogP contribution in [0.1, 0.15) is 20.3 Å². The van der Waals surface area contributed by atoms with Crippen LogP contribution in [0.25, 0.3) is 0 Å². The molecule has 0 aliphatic rings. The maximum absolute atomic E-state index is 10.6. The number of rotatable bonds is 5. The Morgan fingerprint density at radius 1 is 1.38 bits per heavy atom. The lowest BCUT2D eigenvalue weighted by Gasteiger charge is -2.15. The highest BCUT2D eigenvalue weighted by molar-refractivity contribution is 5.22. The quantitative estimate of drug-likeness (QED) is 0.548. The first-order valence-electron chi connectivity index (χ1n) is 5.32. The van der Waals surface area contributed by atoms with Gasteiger partial charge in [0.1, 0.15) is 0 Å². The van der Waals surface area contributed by atoms with E-state index in [9.17, 15) is 4.79 Å². The van der Waals surface area contributed by atoms with E-state index >= 15 is 0 Å². The first kappa shape index (κ1) is 14.7. The lowest BCUT2D eigenvalue weighted by molar-refractivity contribution is 0.383. The third-order valence-corrected chi connectivity index (χ3v) is 1.71. The fourth-order valence-corrected chi connectivity index (χ4v) is 1.01. The van der Waals surface area contributed by atoms with Crippen LogP contribution in [-0.2, 0) is 0 Å². The van der Waals surface area contributed by atoms with Gasteiger partial charge in [-0.2, -0.15) is 0 Å². The molecule has 3 N–H and O–H groups in total. The van der Waals surface area contributed by atoms with Crippen molar-refractivity contribution in [2.45, 2.75) is 20.3 Å². The van der Waals surface area contributed by atoms with Crippen LogP contribution in [-0.4, -0.2) is 42.2 Å². The Morgan fingerprint density at radius 2 is 2.00 bits per heavy atom. The maximum Gasteiger partial charge on any atom is 0.440 e. The summed E-state index contributed by atoms with van der Waals surface area (Å²) in [6.45, 7) is 5.54. The molecule has 94 valence electrons. The van der Waals surface area contributed by atoms with Gasteiger partial charge in [0, 0.05) is 6.54 Å². The average Bonchev–Trinajstić information content (AvgIpc) is 2.67. The van der Waals surface area contributed by atoms with E-state index in [-0.39, 0.29) is 5.95 Å². The molecule has 0 atom stereocenters. The summed E-state index contributed by atoms with van der Waals surface area (Å²) in [6.07, 6.45) is 0.887. The molecule has 7 nitrogen and oxygen atoms in total. The number of nitrogens with two attached hydrogens (primary N) is 1. The molecule has 0 aromatic carbocycles. The molecule has 7 heteroatoms. The van der Waals surface area contributed by atoms with E-state index in [1.165, 1.54) is 5.01 Å². The predicted octanol–water partition coefficient (Wildman–Crippen LogP) is 0.0209. The van der Waals surface area contributed by atoms with Gasteiger partial charge in [0.2, 0.25) is 0 Å². The number of anilines is 1. The lowest BCUT2D eigenvalue weighted by Crippen LogP contribution is -2.34. The molecule has 0 unspecified atom stereocenters. The van der Waals surface area contributed by atoms with Crippen molar-refractivity contribution in [1.82, 2.24) is 15.0 Å². The van der Waals surface area contributed by atoms with Crippen LogP contribution in [0.5, 0.6) is 0 Å². The van der Waals surface area contributed by atoms with E-state index in [2.05, 4.69) is 19.6 Å². The summed E-state index contributed by atoms with van der Waals surface area (Å²) in [4.78, 5) is 15.0. The Kier molecular flexibility index (Phi) is 7.23. The molecule has 1 aromatic rings. The first-order valence-corrected chi connectivity index (χ1v) is 5.32. The van der Waals surface area contributed by atoms with E-state index in [1.54, 1.807) is 0 Å². The third kappa shape index (κ3) is 5.52. The van der Waals surface area contributed by atoms with Gasteiger partial charge < -0.3 is 4.90 Å². The van der Waals surface area contributed by atoms with E-state index < -0.39 is 5.76 Å². The summed E-state index contributed by atoms with van der Waals surface area (Å²) >= 11 is 0. The monoisotopic (exact) mass is 231 g/mol. The number of hydrazine groups is 1. The van der Waals surface area contributed by atoms with E-state index in [0.29, 0.717) is 6.54 Å². The Labute approximate surface area is 95.2 Å². The molecular formula is C9H21N5O2. The highest BCUT2D eigenvalue weighted by Gasteiger charge is 2.06. The fourth-order valence-electron chi connectivity index (χ4n) is 1.01. The number of aromatic amines is 1. The van der Waals surface area contributed by atoms with Crippen LogP contribution in [0.4, 0.5) is 5.95 Å². The van der Waals surface area contributed by atoms with Gasteiger partial charge in [-0.1, -0.05) is 13.8 Å². The zero-order valence-electron chi connectivity index (χ0n) is 10.4. The second-order valence-corrected chi connectivity index (χ2v) is 3.27. The molecule has 1 aromatic heterocycles. The van der Waals surface area contributed by atoms with Crippen molar-refractivity contribution in [3.05, 3.63) is 10.6 Å². The van der Waals surface area contributed by atoms with Gasteiger partial charge in [0.25, 0.3) is 5.95 Å². The Hall–Kier alpha value is -1.34. The Bertz CT molecular complexity index is 320. The van der Waals surface area contributed by atoms with Crippen molar-refractivity contribution >= 4 is 5.95 Å². The van der Waals surface area contributed by atoms with Gasteiger partial charge in [-0.3, -0.25) is 14.5 Å². The fraction of sp³-hybridized carbons (Fsp3) is 0.778. The van der Waals surface area contributed by atoms with Crippen LogP contribution < -0.4 is 16.6 Å². The lowest BCUT2D eigenvalue weighted by atomic mass is 10.4. The van der Waals surface area contributed by atoms with Crippen LogP contribution in [0.3, 0.4) is 0 Å². The number of aromatic nitrogens is 2. The normalized spacial score (nSPS) is 9.88. The molecule has 0 radical (unpaired) electrons. The largest absolute Gasteiger partial charge is 0.440 e. The first-order chi connectivity index (χ1) is 7.59. The number of nitrogens with zero attached hydrogens (tertiary/aromatic N) is 3. The molecule has 0 aliphatic carbocycles. The minimum absolute atomic E-state index is 0.258. The molecular weight excluding hydrogens is 210 g/mol. The van der Waals surface area contributed by atoms with E-state index in [1.807, 2.05) is 27.9 Å². The highest BCUT2D eigenvalue weighted by Crippen LogP contribution is 1.98. The summed E-state index contributed by atoms with van der Waals surface area (Å²) < 4.78 is 4.32. The number of H-pyrrole nitrogens is 1. The standard InChI is InChI=1S/C7H15N5O2.C2H6/c1-11(2)4-3-5-12(8)6-9-7(13)14-10-6;1-2/h3-5,8H2,1-2H3,(H,9,10,13);1-2H3. The molecule has 0 aliphatic heterocycles. The Balaban J connectivity index is 0.00000106. The van der Waals surface area contributed by atoms with Crippen molar-refractivity contribution in [2.75, 3.05) is 32.2 Å². The Morgan fingerprint density at radius 3 is 2.44 bits per heavy atom. The molecule has 0 saturated heterocycles. The predicted molar refractivity (Wildman–Crippen MR) is 63.2 cm³/mol. The maximum atomic E-state index is 10.6.